The van der Waals surface area contributed by atoms with Crippen molar-refractivity contribution in [1.29, 1.82) is 0 Å². The lowest BCUT2D eigenvalue weighted by Gasteiger charge is -2.35. The van der Waals surface area contributed by atoms with E-state index < -0.39 is 0 Å². The highest BCUT2D eigenvalue weighted by Gasteiger charge is 2.28. The van der Waals surface area contributed by atoms with E-state index in [9.17, 15) is 0 Å². The van der Waals surface area contributed by atoms with Crippen molar-refractivity contribution in [2.24, 2.45) is 0 Å². The molecule has 0 N–H and O–H groups in total. The number of nitrogens with zero attached hydrogens (tertiary/aromatic N) is 5. The predicted octanol–water partition coefficient (Wildman–Crippen LogP) is 4.19. The number of ether oxygens (including phenoxy) is 1. The van der Waals surface area contributed by atoms with Gasteiger partial charge in [-0.3, -0.25) is 4.98 Å². The fourth-order valence-electron chi connectivity index (χ4n) is 4.20. The molecule has 0 radical (unpaired) electrons. The minimum absolute atomic E-state index is 0.0286. The number of pyridine rings is 2. The summed E-state index contributed by atoms with van der Waals surface area (Å²) in [5.74, 6) is 1.50. The molecule has 6 heteroatoms. The summed E-state index contributed by atoms with van der Waals surface area (Å²) in [6.45, 7) is 8.38. The SMILES string of the molecule is Cc1cc(C2CN(c3cc4nc(C)c(C)nc4c(C4CCC4)n3)CCO2)ccn1. The predicted molar refractivity (Wildman–Crippen MR) is 113 cm³/mol. The molecule has 3 aromatic heterocycles. The summed E-state index contributed by atoms with van der Waals surface area (Å²) in [6, 6.07) is 6.27. The van der Waals surface area contributed by atoms with Gasteiger partial charge in [-0.15, -0.1) is 0 Å². The van der Waals surface area contributed by atoms with Crippen LogP contribution in [0.2, 0.25) is 0 Å². The average Bonchev–Trinajstić information content (AvgIpc) is 2.68. The summed E-state index contributed by atoms with van der Waals surface area (Å²) in [5.41, 5.74) is 7.24. The van der Waals surface area contributed by atoms with Crippen molar-refractivity contribution in [2.45, 2.75) is 52.1 Å². The maximum Gasteiger partial charge on any atom is 0.131 e. The molecule has 150 valence electrons. The van der Waals surface area contributed by atoms with Crippen LogP contribution in [0.1, 0.15) is 59.6 Å². The minimum Gasteiger partial charge on any atom is -0.370 e. The van der Waals surface area contributed by atoms with Crippen LogP contribution in [0.15, 0.2) is 24.4 Å². The lowest BCUT2D eigenvalue weighted by Crippen LogP contribution is -2.39. The molecule has 1 aliphatic carbocycles. The Morgan fingerprint density at radius 2 is 1.86 bits per heavy atom. The van der Waals surface area contributed by atoms with E-state index in [1.807, 2.05) is 33.0 Å². The van der Waals surface area contributed by atoms with Crippen LogP contribution in [-0.4, -0.2) is 39.6 Å². The van der Waals surface area contributed by atoms with Crippen LogP contribution in [0.3, 0.4) is 0 Å². The van der Waals surface area contributed by atoms with Gasteiger partial charge in [-0.1, -0.05) is 6.42 Å². The van der Waals surface area contributed by atoms with Crippen molar-refractivity contribution in [3.63, 3.8) is 0 Å². The largest absolute Gasteiger partial charge is 0.370 e. The maximum atomic E-state index is 6.08. The molecule has 29 heavy (non-hydrogen) atoms. The molecular formula is C23H27N5O. The molecule has 5 rings (SSSR count). The molecule has 0 spiro atoms. The van der Waals surface area contributed by atoms with Gasteiger partial charge in [0, 0.05) is 37.0 Å². The van der Waals surface area contributed by atoms with Gasteiger partial charge in [-0.05, 0) is 51.3 Å². The number of anilines is 1. The normalized spacial score (nSPS) is 20.1. The number of aryl methyl sites for hydroxylation is 3. The zero-order chi connectivity index (χ0) is 20.0. The summed E-state index contributed by atoms with van der Waals surface area (Å²) in [4.78, 5) is 21.5. The van der Waals surface area contributed by atoms with Crippen molar-refractivity contribution in [3.8, 4) is 0 Å². The molecule has 1 aliphatic heterocycles. The van der Waals surface area contributed by atoms with Gasteiger partial charge in [-0.2, -0.15) is 0 Å². The van der Waals surface area contributed by atoms with Crippen molar-refractivity contribution in [1.82, 2.24) is 19.9 Å². The first-order valence-corrected chi connectivity index (χ1v) is 10.5. The highest BCUT2D eigenvalue weighted by atomic mass is 16.5. The van der Waals surface area contributed by atoms with Crippen molar-refractivity contribution in [2.75, 3.05) is 24.6 Å². The number of hydrogen-bond acceptors (Lipinski definition) is 6. The van der Waals surface area contributed by atoms with Crippen molar-refractivity contribution >= 4 is 16.9 Å². The average molecular weight is 390 g/mol. The molecule has 0 amide bonds. The Kier molecular flexibility index (Phi) is 4.66. The third-order valence-electron chi connectivity index (χ3n) is 6.25. The number of aromatic nitrogens is 4. The van der Waals surface area contributed by atoms with Gasteiger partial charge in [0.25, 0.3) is 0 Å². The van der Waals surface area contributed by atoms with E-state index in [2.05, 4.69) is 22.0 Å². The van der Waals surface area contributed by atoms with Gasteiger partial charge in [0.05, 0.1) is 29.2 Å². The molecule has 2 fully saturated rings. The fraction of sp³-hybridized carbons (Fsp3) is 0.478. The van der Waals surface area contributed by atoms with Crippen LogP contribution in [-0.2, 0) is 4.74 Å². The Bertz CT molecular complexity index is 1060. The Morgan fingerprint density at radius 1 is 1.03 bits per heavy atom. The van der Waals surface area contributed by atoms with Crippen LogP contribution in [0, 0.1) is 20.8 Å². The molecule has 4 heterocycles. The summed E-state index contributed by atoms with van der Waals surface area (Å²) in [7, 11) is 0. The molecule has 1 saturated heterocycles. The highest BCUT2D eigenvalue weighted by molar-refractivity contribution is 5.80. The lowest BCUT2D eigenvalue weighted by molar-refractivity contribution is 0.0394. The number of rotatable bonds is 3. The summed E-state index contributed by atoms with van der Waals surface area (Å²) in [5, 5.41) is 0. The van der Waals surface area contributed by atoms with Gasteiger partial charge >= 0.3 is 0 Å². The molecule has 0 bridgehead atoms. The van der Waals surface area contributed by atoms with Crippen LogP contribution >= 0.6 is 0 Å². The quantitative estimate of drug-likeness (QED) is 0.669. The maximum absolute atomic E-state index is 6.08. The molecule has 1 unspecified atom stereocenters. The van der Waals surface area contributed by atoms with Crippen LogP contribution in [0.25, 0.3) is 11.0 Å². The number of morpholine rings is 1. The summed E-state index contributed by atoms with van der Waals surface area (Å²) >= 11 is 0. The molecule has 1 saturated carbocycles. The van der Waals surface area contributed by atoms with Gasteiger partial charge < -0.3 is 9.64 Å². The molecule has 0 aromatic carbocycles. The highest BCUT2D eigenvalue weighted by Crippen LogP contribution is 2.39. The van der Waals surface area contributed by atoms with E-state index in [1.165, 1.54) is 24.8 Å². The Balaban J connectivity index is 1.53. The van der Waals surface area contributed by atoms with E-state index >= 15 is 0 Å². The van der Waals surface area contributed by atoms with Crippen molar-refractivity contribution < 1.29 is 4.74 Å². The molecule has 3 aromatic rings. The van der Waals surface area contributed by atoms with Gasteiger partial charge in [0.1, 0.15) is 17.4 Å². The summed E-state index contributed by atoms with van der Waals surface area (Å²) in [6.07, 6.45) is 5.55. The van der Waals surface area contributed by atoms with E-state index in [1.54, 1.807) is 0 Å². The zero-order valence-corrected chi connectivity index (χ0v) is 17.4. The smallest absolute Gasteiger partial charge is 0.131 e. The van der Waals surface area contributed by atoms with Gasteiger partial charge in [-0.25, -0.2) is 15.0 Å². The topological polar surface area (TPSA) is 64.0 Å². The minimum atomic E-state index is 0.0286. The monoisotopic (exact) mass is 389 g/mol. The van der Waals surface area contributed by atoms with Crippen LogP contribution in [0.5, 0.6) is 0 Å². The van der Waals surface area contributed by atoms with Gasteiger partial charge in [0.2, 0.25) is 0 Å². The summed E-state index contributed by atoms with van der Waals surface area (Å²) < 4.78 is 6.08. The Hall–Kier alpha value is -2.60. The number of fused-ring (bicyclic) bond motifs is 1. The second kappa shape index (κ2) is 7.34. The number of hydrogen-bond donors (Lipinski definition) is 0. The third kappa shape index (κ3) is 3.46. The standard InChI is InChI=1S/C23H27N5O/c1-14-11-18(7-8-24-14)20-13-28(9-10-29-20)21-12-19-23(26-16(3)15(2)25-19)22(27-21)17-5-4-6-17/h7-8,11-12,17,20H,4-6,9-10,13H2,1-3H3. The molecule has 1 atom stereocenters. The Labute approximate surface area is 171 Å². The third-order valence-corrected chi connectivity index (χ3v) is 6.25. The first-order chi connectivity index (χ1) is 14.1. The van der Waals surface area contributed by atoms with E-state index in [0.717, 1.165) is 52.7 Å². The van der Waals surface area contributed by atoms with Gasteiger partial charge in [0.15, 0.2) is 0 Å². The molecular weight excluding hydrogens is 362 g/mol. The van der Waals surface area contributed by atoms with E-state index in [4.69, 9.17) is 19.7 Å². The second-order valence-corrected chi connectivity index (χ2v) is 8.29. The van der Waals surface area contributed by atoms with Crippen molar-refractivity contribution in [3.05, 3.63) is 52.7 Å². The Morgan fingerprint density at radius 3 is 2.62 bits per heavy atom. The van der Waals surface area contributed by atoms with E-state index in [-0.39, 0.29) is 6.10 Å². The molecule has 2 aliphatic rings. The lowest BCUT2D eigenvalue weighted by atomic mass is 9.82. The van der Waals surface area contributed by atoms with Crippen LogP contribution in [0.4, 0.5) is 5.82 Å². The fourth-order valence-corrected chi connectivity index (χ4v) is 4.20. The first-order valence-electron chi connectivity index (χ1n) is 10.5. The second-order valence-electron chi connectivity index (χ2n) is 8.29. The zero-order valence-electron chi connectivity index (χ0n) is 17.4. The van der Waals surface area contributed by atoms with E-state index in [0.29, 0.717) is 12.5 Å². The molecule has 6 nitrogen and oxygen atoms in total. The first kappa shape index (κ1) is 18.4. The van der Waals surface area contributed by atoms with Crippen LogP contribution < -0.4 is 4.90 Å².